The van der Waals surface area contributed by atoms with Gasteiger partial charge < -0.3 is 14.2 Å². The number of carbonyl (C=O) groups is 1. The van der Waals surface area contributed by atoms with Crippen molar-refractivity contribution in [2.75, 3.05) is 6.61 Å². The van der Waals surface area contributed by atoms with Crippen molar-refractivity contribution in [2.45, 2.75) is 19.4 Å². The Hall–Kier alpha value is -0.862. The van der Waals surface area contributed by atoms with Gasteiger partial charge >= 0.3 is 6.16 Å². The zero-order valence-electron chi connectivity index (χ0n) is 9.42. The van der Waals surface area contributed by atoms with E-state index in [4.69, 9.17) is 14.2 Å². The predicted octanol–water partition coefficient (Wildman–Crippen LogP) is 2.32. The van der Waals surface area contributed by atoms with Crippen LogP contribution in [0, 0.1) is 6.61 Å². The zero-order chi connectivity index (χ0) is 11.4. The average molecular weight is 405 g/mol. The molecular weight excluding hydrogens is 392 g/mol. The van der Waals surface area contributed by atoms with Gasteiger partial charge in [0.15, 0.2) is 0 Å². The van der Waals surface area contributed by atoms with Crippen molar-refractivity contribution in [1.29, 1.82) is 0 Å². The van der Waals surface area contributed by atoms with Crippen molar-refractivity contribution >= 4 is 6.16 Å². The van der Waals surface area contributed by atoms with Gasteiger partial charge in [0.1, 0.15) is 5.75 Å². The normalized spacial score (nSPS) is 16.9. The fourth-order valence-corrected chi connectivity index (χ4v) is 1.20. The number of hydrogen-bond donors (Lipinski definition) is 0. The fraction of sp³-hybridized carbons (Fsp3) is 0.333. The van der Waals surface area contributed by atoms with Gasteiger partial charge in [-0.05, 0) is 30.2 Å². The second-order valence-corrected chi connectivity index (χ2v) is 3.47. The molecule has 1 aromatic rings. The van der Waals surface area contributed by atoms with E-state index in [-0.39, 0.29) is 33.8 Å². The van der Waals surface area contributed by atoms with E-state index < -0.39 is 6.16 Å². The summed E-state index contributed by atoms with van der Waals surface area (Å²) < 4.78 is 14.6. The number of epoxide rings is 1. The molecule has 1 saturated heterocycles. The summed E-state index contributed by atoms with van der Waals surface area (Å²) >= 11 is 0. The van der Waals surface area contributed by atoms with Gasteiger partial charge in [-0.25, -0.2) is 4.79 Å². The van der Waals surface area contributed by atoms with Gasteiger partial charge in [-0.1, -0.05) is 19.1 Å². The first kappa shape index (κ1) is 14.2. The first-order valence-corrected chi connectivity index (χ1v) is 5.20. The third-order valence-electron chi connectivity index (χ3n) is 2.23. The van der Waals surface area contributed by atoms with E-state index in [1.165, 1.54) is 5.56 Å². The summed E-state index contributed by atoms with van der Waals surface area (Å²) in [4.78, 5) is 11.2. The molecule has 1 unspecified atom stereocenters. The van der Waals surface area contributed by atoms with Gasteiger partial charge in [0.25, 0.3) is 0 Å². The van der Waals surface area contributed by atoms with Crippen LogP contribution in [0.5, 0.6) is 5.75 Å². The summed E-state index contributed by atoms with van der Waals surface area (Å²) in [5.74, 6) is 0.489. The molecule has 0 amide bonds. The Bertz CT molecular complexity index is 359. The van der Waals surface area contributed by atoms with Crippen LogP contribution in [0.1, 0.15) is 12.5 Å². The Balaban J connectivity index is 0.00000144. The Morgan fingerprint density at radius 3 is 2.59 bits per heavy atom. The minimum Gasteiger partial charge on any atom is -0.567 e. The van der Waals surface area contributed by atoms with Crippen molar-refractivity contribution in [3.8, 4) is 5.75 Å². The molecule has 1 aromatic carbocycles. The van der Waals surface area contributed by atoms with Crippen molar-refractivity contribution in [3.63, 3.8) is 0 Å². The van der Waals surface area contributed by atoms with Crippen molar-refractivity contribution in [2.24, 2.45) is 0 Å². The number of ether oxygens (including phenoxy) is 3. The summed E-state index contributed by atoms with van der Waals surface area (Å²) in [6.45, 7) is 3.88. The van der Waals surface area contributed by atoms with Crippen LogP contribution in [0.15, 0.2) is 24.3 Å². The van der Waals surface area contributed by atoms with Gasteiger partial charge in [0.2, 0.25) is 0 Å². The monoisotopic (exact) mass is 405 g/mol. The summed E-state index contributed by atoms with van der Waals surface area (Å²) in [5.41, 5.74) is 1.20. The fourth-order valence-electron chi connectivity index (χ4n) is 1.20. The van der Waals surface area contributed by atoms with Crippen LogP contribution in [-0.2, 0) is 37.0 Å². The molecule has 4 nitrogen and oxygen atoms in total. The molecule has 1 atom stereocenters. The predicted molar refractivity (Wildman–Crippen MR) is 57.0 cm³/mol. The van der Waals surface area contributed by atoms with Gasteiger partial charge in [-0.3, -0.25) is 0 Å². The van der Waals surface area contributed by atoms with E-state index in [1.807, 2.05) is 12.1 Å². The molecule has 1 fully saturated rings. The largest absolute Gasteiger partial charge is 0.567 e. The zero-order valence-corrected chi connectivity index (χ0v) is 12.4. The van der Waals surface area contributed by atoms with Crippen LogP contribution < -0.4 is 4.74 Å². The van der Waals surface area contributed by atoms with E-state index in [9.17, 15) is 4.79 Å². The van der Waals surface area contributed by atoms with Crippen molar-refractivity contribution < 1.29 is 40.1 Å². The Morgan fingerprint density at radius 1 is 1.41 bits per heavy atom. The maximum absolute atomic E-state index is 11.2. The third-order valence-corrected chi connectivity index (χ3v) is 2.23. The molecule has 5 heteroatoms. The molecule has 0 aromatic heterocycles. The molecule has 0 bridgehead atoms. The van der Waals surface area contributed by atoms with E-state index in [2.05, 4.69) is 6.92 Å². The molecule has 1 aliphatic heterocycles. The molecule has 2 rings (SSSR count). The smallest absolute Gasteiger partial charge is 0.513 e. The van der Waals surface area contributed by atoms with E-state index in [1.54, 1.807) is 18.7 Å². The van der Waals surface area contributed by atoms with Crippen LogP contribution in [0.4, 0.5) is 4.79 Å². The standard InChI is InChI=1S/C12H13O4.W/c1-2-9-3-5-10(6-4-9)16-12(13)15-8-11-7-14-11;/h3-7,11H,2,8H2,1H3;/q-1;. The Labute approximate surface area is 115 Å². The molecule has 1 heterocycles. The van der Waals surface area contributed by atoms with Crippen LogP contribution in [0.25, 0.3) is 0 Å². The number of aryl methyl sites for hydroxylation is 1. The van der Waals surface area contributed by atoms with Gasteiger partial charge in [-0.2, -0.15) is 6.61 Å². The minimum absolute atomic E-state index is 0. The molecule has 0 N–H and O–H groups in total. The SMILES string of the molecule is CCc1ccc(OC(=O)OCC2[CH-]O2)cc1.[W]. The number of hydrogen-bond acceptors (Lipinski definition) is 4. The second-order valence-electron chi connectivity index (χ2n) is 3.47. The van der Waals surface area contributed by atoms with Crippen LogP contribution >= 0.6 is 0 Å². The molecule has 0 saturated carbocycles. The summed E-state index contributed by atoms with van der Waals surface area (Å²) in [6, 6.07) is 7.33. The quantitative estimate of drug-likeness (QED) is 0.334. The van der Waals surface area contributed by atoms with E-state index in [0.717, 1.165) is 6.42 Å². The first-order chi connectivity index (χ1) is 7.78. The molecule has 17 heavy (non-hydrogen) atoms. The van der Waals surface area contributed by atoms with Gasteiger partial charge in [-0.15, -0.1) is 0 Å². The second kappa shape index (κ2) is 6.77. The van der Waals surface area contributed by atoms with Crippen LogP contribution in [0.2, 0.25) is 0 Å². The van der Waals surface area contributed by atoms with Gasteiger partial charge in [0.05, 0.1) is 6.61 Å². The molecule has 0 radical (unpaired) electrons. The first-order valence-electron chi connectivity index (χ1n) is 5.20. The van der Waals surface area contributed by atoms with Crippen LogP contribution in [-0.4, -0.2) is 18.9 Å². The van der Waals surface area contributed by atoms with E-state index >= 15 is 0 Å². The summed E-state index contributed by atoms with van der Waals surface area (Å²) in [7, 11) is 0. The Morgan fingerprint density at radius 2 is 2.06 bits per heavy atom. The molecule has 1 aliphatic rings. The molecular formula is C12H13O4W-. The minimum atomic E-state index is -0.701. The summed E-state index contributed by atoms with van der Waals surface area (Å²) in [5, 5.41) is 0. The number of benzene rings is 1. The Kier molecular flexibility index (Phi) is 5.66. The van der Waals surface area contributed by atoms with Gasteiger partial charge in [0, 0.05) is 21.1 Å². The van der Waals surface area contributed by atoms with E-state index in [0.29, 0.717) is 5.75 Å². The maximum Gasteiger partial charge on any atom is 0.513 e. The maximum atomic E-state index is 11.2. The number of carbonyl (C=O) groups excluding carboxylic acids is 1. The topological polar surface area (TPSA) is 48.1 Å². The molecule has 0 spiro atoms. The average Bonchev–Trinajstić information content (AvgIpc) is 3.11. The molecule has 92 valence electrons. The van der Waals surface area contributed by atoms with Crippen molar-refractivity contribution in [1.82, 2.24) is 0 Å². The molecule has 0 aliphatic carbocycles. The van der Waals surface area contributed by atoms with Crippen molar-refractivity contribution in [3.05, 3.63) is 36.4 Å². The summed E-state index contributed by atoms with van der Waals surface area (Å²) in [6.07, 6.45) is 0.197. The number of rotatable bonds is 4. The van der Waals surface area contributed by atoms with Crippen LogP contribution in [0.3, 0.4) is 0 Å². The third kappa shape index (κ3) is 4.88.